The highest BCUT2D eigenvalue weighted by molar-refractivity contribution is 5.85. The van der Waals surface area contributed by atoms with Crippen LogP contribution in [0.1, 0.15) is 19.3 Å². The fourth-order valence-electron chi connectivity index (χ4n) is 3.72. The van der Waals surface area contributed by atoms with Crippen molar-refractivity contribution in [1.82, 2.24) is 4.90 Å². The van der Waals surface area contributed by atoms with E-state index < -0.39 is 0 Å². The fourth-order valence-corrected chi connectivity index (χ4v) is 3.72. The molecule has 14 heavy (non-hydrogen) atoms. The number of amides is 1. The molecule has 2 bridgehead atoms. The van der Waals surface area contributed by atoms with Gasteiger partial charge >= 0.3 is 0 Å². The normalized spacial score (nSPS) is 42.8. The summed E-state index contributed by atoms with van der Waals surface area (Å²) in [6.07, 6.45) is 4.14. The van der Waals surface area contributed by atoms with E-state index in [4.69, 9.17) is 5.73 Å². The molecule has 1 saturated heterocycles. The van der Waals surface area contributed by atoms with Crippen molar-refractivity contribution < 1.29 is 4.79 Å². The van der Waals surface area contributed by atoms with E-state index in [1.165, 1.54) is 19.3 Å². The first-order valence-electron chi connectivity index (χ1n) is 5.31. The molecule has 3 rings (SSSR count). The van der Waals surface area contributed by atoms with Gasteiger partial charge in [-0.05, 0) is 31.1 Å². The molecule has 3 fully saturated rings. The average molecular weight is 217 g/mol. The molecule has 0 spiro atoms. The molecule has 4 unspecified atom stereocenters. The Hall–Kier alpha value is -0.280. The third-order valence-corrected chi connectivity index (χ3v) is 4.30. The van der Waals surface area contributed by atoms with Gasteiger partial charge in [-0.15, -0.1) is 12.4 Å². The van der Waals surface area contributed by atoms with Crippen molar-refractivity contribution in [1.29, 1.82) is 0 Å². The van der Waals surface area contributed by atoms with Gasteiger partial charge in [0.1, 0.15) is 0 Å². The van der Waals surface area contributed by atoms with Crippen LogP contribution in [0.25, 0.3) is 0 Å². The molecule has 2 saturated carbocycles. The largest absolute Gasteiger partial charge is 0.338 e. The summed E-state index contributed by atoms with van der Waals surface area (Å²) in [4.78, 5) is 13.4. The van der Waals surface area contributed by atoms with Gasteiger partial charge in [0.05, 0.1) is 6.54 Å². The summed E-state index contributed by atoms with van der Waals surface area (Å²) in [5, 5.41) is 0. The number of carbonyl (C=O) groups is 1. The predicted molar refractivity (Wildman–Crippen MR) is 56.1 cm³/mol. The molecule has 2 N–H and O–H groups in total. The first-order valence-corrected chi connectivity index (χ1v) is 5.31. The molecule has 0 aromatic heterocycles. The van der Waals surface area contributed by atoms with Crippen LogP contribution in [-0.2, 0) is 4.79 Å². The Labute approximate surface area is 90.4 Å². The molecule has 80 valence electrons. The summed E-state index contributed by atoms with van der Waals surface area (Å²) in [7, 11) is 0. The highest BCUT2D eigenvalue weighted by atomic mass is 35.5. The molecule has 3 nitrogen and oxygen atoms in total. The van der Waals surface area contributed by atoms with E-state index >= 15 is 0 Å². The Morgan fingerprint density at radius 1 is 1.36 bits per heavy atom. The van der Waals surface area contributed by atoms with E-state index in [1.807, 2.05) is 4.90 Å². The van der Waals surface area contributed by atoms with E-state index in [2.05, 4.69) is 0 Å². The number of hydrogen-bond acceptors (Lipinski definition) is 2. The number of nitrogens with zero attached hydrogens (tertiary/aromatic N) is 1. The van der Waals surface area contributed by atoms with Gasteiger partial charge in [-0.2, -0.15) is 0 Å². The Balaban J connectivity index is 0.000000750. The second-order valence-electron chi connectivity index (χ2n) is 4.74. The average Bonchev–Trinajstić information content (AvgIpc) is 2.59. The molecular formula is C10H17ClN2O. The lowest BCUT2D eigenvalue weighted by Gasteiger charge is -2.50. The van der Waals surface area contributed by atoms with Crippen LogP contribution >= 0.6 is 12.4 Å². The minimum Gasteiger partial charge on any atom is -0.338 e. The molecule has 0 radical (unpaired) electrons. The van der Waals surface area contributed by atoms with Gasteiger partial charge in [-0.3, -0.25) is 4.79 Å². The van der Waals surface area contributed by atoms with Crippen molar-refractivity contribution in [3.63, 3.8) is 0 Å². The maximum atomic E-state index is 11.4. The second kappa shape index (κ2) is 3.38. The molecule has 0 aromatic carbocycles. The number of likely N-dealkylation sites (tertiary alicyclic amines) is 1. The van der Waals surface area contributed by atoms with Gasteiger partial charge in [-0.25, -0.2) is 0 Å². The number of fused-ring (bicyclic) bond motifs is 5. The Bertz CT molecular complexity index is 257. The maximum absolute atomic E-state index is 11.4. The van der Waals surface area contributed by atoms with Crippen LogP contribution in [-0.4, -0.2) is 29.9 Å². The lowest BCUT2D eigenvalue weighted by Crippen LogP contribution is -2.62. The number of rotatable bonds is 1. The number of halogens is 1. The quantitative estimate of drug-likeness (QED) is 0.699. The van der Waals surface area contributed by atoms with Gasteiger partial charge in [0.2, 0.25) is 5.91 Å². The van der Waals surface area contributed by atoms with Crippen LogP contribution in [0.15, 0.2) is 0 Å². The van der Waals surface area contributed by atoms with E-state index in [1.54, 1.807) is 0 Å². The monoisotopic (exact) mass is 216 g/mol. The molecule has 1 amide bonds. The topological polar surface area (TPSA) is 46.3 Å². The highest BCUT2D eigenvalue weighted by Gasteiger charge is 2.57. The summed E-state index contributed by atoms with van der Waals surface area (Å²) >= 11 is 0. The number of carbonyl (C=O) groups excluding carboxylic acids is 1. The van der Waals surface area contributed by atoms with Gasteiger partial charge < -0.3 is 10.6 Å². The summed E-state index contributed by atoms with van der Waals surface area (Å²) in [5.74, 6) is 2.76. The zero-order valence-electron chi connectivity index (χ0n) is 8.19. The van der Waals surface area contributed by atoms with E-state index in [9.17, 15) is 4.79 Å². The Morgan fingerprint density at radius 2 is 2.07 bits per heavy atom. The fraction of sp³-hybridized carbons (Fsp3) is 0.900. The van der Waals surface area contributed by atoms with Crippen molar-refractivity contribution >= 4 is 18.3 Å². The van der Waals surface area contributed by atoms with Crippen LogP contribution in [0.4, 0.5) is 0 Å². The van der Waals surface area contributed by atoms with Gasteiger partial charge in [0, 0.05) is 18.5 Å². The SMILES string of the molecule is Cl.NCC(=O)N1CC2C3CCC(C3)C21. The summed E-state index contributed by atoms with van der Waals surface area (Å²) < 4.78 is 0. The summed E-state index contributed by atoms with van der Waals surface area (Å²) in [5.41, 5.74) is 5.37. The molecule has 0 aromatic rings. The van der Waals surface area contributed by atoms with Crippen molar-refractivity contribution in [3.8, 4) is 0 Å². The number of nitrogens with two attached hydrogens (primary N) is 1. The maximum Gasteiger partial charge on any atom is 0.236 e. The lowest BCUT2D eigenvalue weighted by molar-refractivity contribution is -0.145. The van der Waals surface area contributed by atoms with Crippen LogP contribution < -0.4 is 5.73 Å². The van der Waals surface area contributed by atoms with Crippen LogP contribution in [0.5, 0.6) is 0 Å². The smallest absolute Gasteiger partial charge is 0.236 e. The van der Waals surface area contributed by atoms with Gasteiger partial charge in [-0.1, -0.05) is 0 Å². The zero-order chi connectivity index (χ0) is 9.00. The van der Waals surface area contributed by atoms with Gasteiger partial charge in [0.25, 0.3) is 0 Å². The van der Waals surface area contributed by atoms with Crippen molar-refractivity contribution in [2.24, 2.45) is 23.5 Å². The van der Waals surface area contributed by atoms with Crippen molar-refractivity contribution in [3.05, 3.63) is 0 Å². The number of hydrogen-bond donors (Lipinski definition) is 1. The molecule has 1 heterocycles. The summed E-state index contributed by atoms with van der Waals surface area (Å²) in [6.45, 7) is 1.20. The zero-order valence-corrected chi connectivity index (χ0v) is 9.00. The minimum absolute atomic E-state index is 0. The summed E-state index contributed by atoms with van der Waals surface area (Å²) in [6, 6.07) is 0.592. The van der Waals surface area contributed by atoms with Crippen LogP contribution in [0, 0.1) is 17.8 Å². The van der Waals surface area contributed by atoms with Crippen LogP contribution in [0.3, 0.4) is 0 Å². The Morgan fingerprint density at radius 3 is 2.71 bits per heavy atom. The van der Waals surface area contributed by atoms with E-state index in [0.29, 0.717) is 6.04 Å². The van der Waals surface area contributed by atoms with Crippen molar-refractivity contribution in [2.45, 2.75) is 25.3 Å². The van der Waals surface area contributed by atoms with Crippen LogP contribution in [0.2, 0.25) is 0 Å². The predicted octanol–water partition coefficient (Wildman–Crippen LogP) is 0.624. The molecule has 2 aliphatic carbocycles. The molecule has 4 heteroatoms. The second-order valence-corrected chi connectivity index (χ2v) is 4.74. The standard InChI is InChI=1S/C10H16N2O.ClH/c11-4-9(13)12-5-8-6-1-2-7(3-6)10(8)12;/h6-8,10H,1-5,11H2;1H. The molecule has 4 atom stereocenters. The molecular weight excluding hydrogens is 200 g/mol. The highest BCUT2D eigenvalue weighted by Crippen LogP contribution is 2.55. The molecule has 3 aliphatic rings. The van der Waals surface area contributed by atoms with Gasteiger partial charge in [0.15, 0.2) is 0 Å². The lowest BCUT2D eigenvalue weighted by atomic mass is 9.77. The Kier molecular flexibility index (Phi) is 2.48. The minimum atomic E-state index is 0. The first-order chi connectivity index (χ1) is 6.31. The third-order valence-electron chi connectivity index (χ3n) is 4.30. The van der Waals surface area contributed by atoms with Crippen molar-refractivity contribution in [2.75, 3.05) is 13.1 Å². The third kappa shape index (κ3) is 1.12. The molecule has 1 aliphatic heterocycles. The van der Waals surface area contributed by atoms with E-state index in [0.717, 1.165) is 24.3 Å². The first kappa shape index (κ1) is 10.2. The van der Waals surface area contributed by atoms with E-state index in [-0.39, 0.29) is 24.9 Å².